The van der Waals surface area contributed by atoms with Crippen molar-refractivity contribution >= 4 is 27.3 Å². The number of carbonyl (C=O) groups is 1. The first-order valence-electron chi connectivity index (χ1n) is 7.82. The van der Waals surface area contributed by atoms with E-state index in [0.717, 1.165) is 18.2 Å². The molecule has 3 N–H and O–H groups in total. The van der Waals surface area contributed by atoms with Gasteiger partial charge in [0.25, 0.3) is 0 Å². The van der Waals surface area contributed by atoms with Gasteiger partial charge in [-0.1, -0.05) is 0 Å². The summed E-state index contributed by atoms with van der Waals surface area (Å²) >= 11 is 0. The maximum Gasteiger partial charge on any atom is 0.397 e. The summed E-state index contributed by atoms with van der Waals surface area (Å²) in [7, 11) is -3.80. The minimum absolute atomic E-state index is 0.113. The normalized spacial score (nSPS) is 24.2. The Morgan fingerprint density at radius 3 is 2.41 bits per heavy atom. The minimum atomic E-state index is -4.69. The average Bonchev–Trinajstić information content (AvgIpc) is 2.45. The van der Waals surface area contributed by atoms with Gasteiger partial charge in [0.15, 0.2) is 9.84 Å². The van der Waals surface area contributed by atoms with E-state index >= 15 is 0 Å². The number of nitrogens with zero attached hydrogens (tertiary/aromatic N) is 1. The predicted octanol–water partition coefficient (Wildman–Crippen LogP) is 2.50. The quantitative estimate of drug-likeness (QED) is 0.749. The molecule has 0 radical (unpaired) electrons. The van der Waals surface area contributed by atoms with Crippen LogP contribution in [0.4, 0.5) is 23.2 Å². The highest BCUT2D eigenvalue weighted by molar-refractivity contribution is 7.93. The topological polar surface area (TPSA) is 102 Å². The van der Waals surface area contributed by atoms with Gasteiger partial charge < -0.3 is 11.1 Å². The predicted molar refractivity (Wildman–Crippen MR) is 92.5 cm³/mol. The van der Waals surface area contributed by atoms with Gasteiger partial charge >= 0.3 is 6.18 Å². The molecule has 1 unspecified atom stereocenters. The molecule has 0 aliphatic carbocycles. The maximum atomic E-state index is 14.4. The molecular formula is C16H19F4N3O3S. The lowest BCUT2D eigenvalue weighted by Crippen LogP contribution is -2.55. The highest BCUT2D eigenvalue weighted by atomic mass is 32.2. The van der Waals surface area contributed by atoms with Crippen molar-refractivity contribution in [2.24, 2.45) is 10.7 Å². The fourth-order valence-corrected chi connectivity index (χ4v) is 4.37. The van der Waals surface area contributed by atoms with Crippen LogP contribution in [0.5, 0.6) is 0 Å². The number of alkyl halides is 3. The molecule has 0 saturated carbocycles. The zero-order chi connectivity index (χ0) is 20.8. The first kappa shape index (κ1) is 21.1. The zero-order valence-electron chi connectivity index (χ0n) is 14.8. The molecule has 1 heterocycles. The van der Waals surface area contributed by atoms with Crippen molar-refractivity contribution in [3.63, 3.8) is 0 Å². The van der Waals surface area contributed by atoms with Crippen molar-refractivity contribution in [1.82, 2.24) is 0 Å². The lowest BCUT2D eigenvalue weighted by molar-refractivity contribution is -0.150. The largest absolute Gasteiger partial charge is 0.397 e. The van der Waals surface area contributed by atoms with Crippen molar-refractivity contribution in [2.45, 2.75) is 43.7 Å². The molecule has 0 saturated heterocycles. The third-order valence-corrected chi connectivity index (χ3v) is 7.13. The van der Waals surface area contributed by atoms with E-state index < -0.39 is 50.2 Å². The number of hydrogen-bond donors (Lipinski definition) is 2. The Balaban J connectivity index is 2.45. The van der Waals surface area contributed by atoms with Gasteiger partial charge in [-0.25, -0.2) is 12.8 Å². The first-order valence-corrected chi connectivity index (χ1v) is 9.47. The lowest BCUT2D eigenvalue weighted by atomic mass is 9.92. The van der Waals surface area contributed by atoms with E-state index in [1.165, 1.54) is 20.8 Å². The Bertz CT molecular complexity index is 910. The Kier molecular flexibility index (Phi) is 5.06. The van der Waals surface area contributed by atoms with Crippen LogP contribution < -0.4 is 11.1 Å². The molecule has 1 atom stereocenters. The van der Waals surface area contributed by atoms with Gasteiger partial charge in [0, 0.05) is 11.3 Å². The first-order chi connectivity index (χ1) is 12.1. The van der Waals surface area contributed by atoms with E-state index in [1.807, 2.05) is 5.32 Å². The summed E-state index contributed by atoms with van der Waals surface area (Å²) in [6.45, 7) is 4.11. The van der Waals surface area contributed by atoms with E-state index in [2.05, 4.69) is 4.99 Å². The van der Waals surface area contributed by atoms with Crippen LogP contribution in [0, 0.1) is 5.82 Å². The van der Waals surface area contributed by atoms with Gasteiger partial charge in [-0.15, -0.1) is 0 Å². The van der Waals surface area contributed by atoms with Gasteiger partial charge in [-0.3, -0.25) is 9.79 Å². The number of amidine groups is 1. The molecule has 1 amide bonds. The molecule has 11 heteroatoms. The number of rotatable bonds is 3. The van der Waals surface area contributed by atoms with Crippen molar-refractivity contribution in [1.29, 1.82) is 0 Å². The molecule has 150 valence electrons. The fraction of sp³-hybridized carbons (Fsp3) is 0.500. The number of amides is 1. The summed E-state index contributed by atoms with van der Waals surface area (Å²) < 4.78 is 74.9. The molecule has 0 aromatic heterocycles. The smallest absolute Gasteiger partial charge is 0.386 e. The third kappa shape index (κ3) is 4.23. The van der Waals surface area contributed by atoms with E-state index in [9.17, 15) is 30.8 Å². The van der Waals surface area contributed by atoms with E-state index in [1.54, 1.807) is 0 Å². The van der Waals surface area contributed by atoms with E-state index in [0.29, 0.717) is 0 Å². The number of benzene rings is 1. The van der Waals surface area contributed by atoms with Gasteiger partial charge in [0.2, 0.25) is 5.91 Å². The molecule has 0 bridgehead atoms. The van der Waals surface area contributed by atoms with E-state index in [4.69, 9.17) is 5.73 Å². The third-order valence-electron chi connectivity index (χ3n) is 4.42. The number of anilines is 1. The molecule has 6 nitrogen and oxygen atoms in total. The van der Waals surface area contributed by atoms with Gasteiger partial charge in [-0.05, 0) is 39.0 Å². The molecule has 0 fully saturated rings. The number of carbonyl (C=O) groups excluding carboxylic acids is 1. The molecular weight excluding hydrogens is 390 g/mol. The van der Waals surface area contributed by atoms with Crippen LogP contribution in [0.25, 0.3) is 0 Å². The summed E-state index contributed by atoms with van der Waals surface area (Å²) in [5.41, 5.74) is 3.89. The molecule has 2 rings (SSSR count). The molecule has 1 aromatic rings. The van der Waals surface area contributed by atoms with Crippen LogP contribution in [0.15, 0.2) is 23.2 Å². The maximum absolute atomic E-state index is 14.4. The lowest BCUT2D eigenvalue weighted by Gasteiger charge is -2.38. The standard InChI is InChI=1S/C16H19F4N3O3S/c1-14(2)13(21)23-15(3,8-27(14,25)26)10-6-9(4-5-11(10)17)22-12(24)7-16(18,19)20/h4-6H,7-8H2,1-3H3,(H2,21,23)(H,22,24). The number of aliphatic imine (C=N–C) groups is 1. The second kappa shape index (κ2) is 6.47. The van der Waals surface area contributed by atoms with Crippen LogP contribution in [-0.4, -0.2) is 36.8 Å². The Morgan fingerprint density at radius 1 is 1.30 bits per heavy atom. The molecule has 0 spiro atoms. The van der Waals surface area contributed by atoms with Gasteiger partial charge in [0.1, 0.15) is 28.4 Å². The summed E-state index contributed by atoms with van der Waals surface area (Å²) in [6, 6.07) is 3.06. The molecule has 1 aromatic carbocycles. The highest BCUT2D eigenvalue weighted by Gasteiger charge is 2.49. The number of hydrogen-bond acceptors (Lipinski definition) is 5. The second-order valence-electron chi connectivity index (χ2n) is 7.08. The van der Waals surface area contributed by atoms with Gasteiger partial charge in [-0.2, -0.15) is 13.2 Å². The molecule has 1 aliphatic heterocycles. The Hall–Kier alpha value is -2.17. The van der Waals surface area contributed by atoms with Crippen LogP contribution in [0.1, 0.15) is 32.8 Å². The Morgan fingerprint density at radius 2 is 1.89 bits per heavy atom. The monoisotopic (exact) mass is 409 g/mol. The number of nitrogens with one attached hydrogen (secondary N) is 1. The number of sulfone groups is 1. The van der Waals surface area contributed by atoms with Crippen molar-refractivity contribution in [3.05, 3.63) is 29.6 Å². The van der Waals surface area contributed by atoms with Crippen LogP contribution in [-0.2, 0) is 20.2 Å². The highest BCUT2D eigenvalue weighted by Crippen LogP contribution is 2.38. The van der Waals surface area contributed by atoms with Crippen molar-refractivity contribution in [2.75, 3.05) is 11.1 Å². The number of halogens is 4. The second-order valence-corrected chi connectivity index (χ2v) is 9.61. The summed E-state index contributed by atoms with van der Waals surface area (Å²) in [6.07, 6.45) is -6.40. The zero-order valence-corrected chi connectivity index (χ0v) is 15.6. The van der Waals surface area contributed by atoms with Gasteiger partial charge in [0.05, 0.1) is 5.75 Å². The van der Waals surface area contributed by atoms with Crippen LogP contribution in [0.2, 0.25) is 0 Å². The summed E-state index contributed by atoms with van der Waals surface area (Å²) in [5.74, 6) is -2.91. The van der Waals surface area contributed by atoms with Crippen molar-refractivity contribution in [3.8, 4) is 0 Å². The SMILES string of the molecule is CC1(c2cc(NC(=O)CC(F)(F)F)ccc2F)CS(=O)(=O)C(C)(C)C(N)=N1. The molecule has 1 aliphatic rings. The summed E-state index contributed by atoms with van der Waals surface area (Å²) in [4.78, 5) is 15.6. The van der Waals surface area contributed by atoms with Crippen LogP contribution >= 0.6 is 0 Å². The Labute approximate surface area is 153 Å². The number of nitrogens with two attached hydrogens (primary N) is 1. The van der Waals surface area contributed by atoms with Crippen molar-refractivity contribution < 1.29 is 30.8 Å². The summed E-state index contributed by atoms with van der Waals surface area (Å²) in [5, 5.41) is 2.02. The average molecular weight is 409 g/mol. The molecule has 27 heavy (non-hydrogen) atoms. The van der Waals surface area contributed by atoms with Crippen LogP contribution in [0.3, 0.4) is 0 Å². The fourth-order valence-electron chi connectivity index (χ4n) is 2.68. The van der Waals surface area contributed by atoms with E-state index in [-0.39, 0.29) is 17.1 Å². The minimum Gasteiger partial charge on any atom is -0.386 e.